The summed E-state index contributed by atoms with van der Waals surface area (Å²) in [7, 11) is 0. The highest BCUT2D eigenvalue weighted by molar-refractivity contribution is 7.26. The number of nitrogens with zero attached hydrogens (tertiary/aromatic N) is 1. The minimum atomic E-state index is 1.15. The Morgan fingerprint density at radius 2 is 0.769 bits per heavy atom. The molecule has 1 aromatic heterocycles. The van der Waals surface area contributed by atoms with E-state index in [0.717, 1.165) is 5.69 Å². The number of fused-ring (bicyclic) bond motifs is 6. The van der Waals surface area contributed by atoms with Crippen molar-refractivity contribution in [3.05, 3.63) is 176 Å². The lowest BCUT2D eigenvalue weighted by Gasteiger charge is -2.29. The summed E-state index contributed by atoms with van der Waals surface area (Å²) in [6.07, 6.45) is 0. The molecule has 1 heterocycles. The molecule has 12 rings (SSSR count). The van der Waals surface area contributed by atoms with Crippen molar-refractivity contribution in [2.45, 2.75) is 0 Å². The van der Waals surface area contributed by atoms with Crippen LogP contribution in [0.1, 0.15) is 0 Å². The summed E-state index contributed by atoms with van der Waals surface area (Å²) in [6, 6.07) is 65.8. The molecule has 0 N–H and O–H groups in total. The number of thiophene rings is 1. The van der Waals surface area contributed by atoms with Gasteiger partial charge in [0.1, 0.15) is 0 Å². The molecule has 2 heteroatoms. The molecule has 0 aliphatic carbocycles. The van der Waals surface area contributed by atoms with Crippen LogP contribution in [0.25, 0.3) is 95.6 Å². The van der Waals surface area contributed by atoms with Crippen molar-refractivity contribution in [1.29, 1.82) is 0 Å². The van der Waals surface area contributed by atoms with E-state index in [1.165, 1.54) is 107 Å². The van der Waals surface area contributed by atoms with E-state index in [1.807, 2.05) is 11.3 Å². The van der Waals surface area contributed by atoms with Gasteiger partial charge in [0.05, 0.1) is 11.4 Å². The maximum absolute atomic E-state index is 2.53. The third kappa shape index (κ3) is 3.82. The Balaban J connectivity index is 1.31. The van der Waals surface area contributed by atoms with E-state index < -0.39 is 0 Å². The van der Waals surface area contributed by atoms with E-state index in [1.54, 1.807) is 0 Å². The topological polar surface area (TPSA) is 3.24 Å². The largest absolute Gasteiger partial charge is 0.309 e. The molecule has 11 aromatic carbocycles. The van der Waals surface area contributed by atoms with Gasteiger partial charge in [0.2, 0.25) is 0 Å². The van der Waals surface area contributed by atoms with Gasteiger partial charge in [-0.1, -0.05) is 140 Å². The number of rotatable bonds is 3. The van der Waals surface area contributed by atoms with Crippen molar-refractivity contribution in [2.75, 3.05) is 4.90 Å². The first-order chi connectivity index (χ1) is 25.8. The van der Waals surface area contributed by atoms with Gasteiger partial charge >= 0.3 is 0 Å². The molecule has 12 aromatic rings. The fourth-order valence-corrected chi connectivity index (χ4v) is 10.3. The first-order valence-electron chi connectivity index (χ1n) is 17.9. The minimum Gasteiger partial charge on any atom is -0.309 e. The second-order valence-electron chi connectivity index (χ2n) is 14.0. The van der Waals surface area contributed by atoms with Crippen molar-refractivity contribution in [3.8, 4) is 0 Å². The number of hydrogen-bond donors (Lipinski definition) is 0. The van der Waals surface area contributed by atoms with Crippen LogP contribution in [0.15, 0.2) is 176 Å². The van der Waals surface area contributed by atoms with Crippen LogP contribution < -0.4 is 4.90 Å². The van der Waals surface area contributed by atoms with E-state index in [0.29, 0.717) is 0 Å². The molecular weight excluding hydrogens is 647 g/mol. The Morgan fingerprint density at radius 3 is 1.50 bits per heavy atom. The Labute approximate surface area is 303 Å². The summed E-state index contributed by atoms with van der Waals surface area (Å²) in [6.45, 7) is 0. The third-order valence-electron chi connectivity index (χ3n) is 11.3. The third-order valence-corrected chi connectivity index (χ3v) is 12.4. The summed E-state index contributed by atoms with van der Waals surface area (Å²) in [5.41, 5.74) is 3.51. The van der Waals surface area contributed by atoms with Crippen molar-refractivity contribution >= 4 is 124 Å². The maximum atomic E-state index is 2.53. The molecule has 0 fully saturated rings. The fraction of sp³-hybridized carbons (Fsp3) is 0. The Kier molecular flexibility index (Phi) is 5.71. The van der Waals surface area contributed by atoms with Gasteiger partial charge in [-0.3, -0.25) is 0 Å². The van der Waals surface area contributed by atoms with Crippen LogP contribution in [-0.4, -0.2) is 0 Å². The molecule has 0 saturated carbocycles. The smallest absolute Gasteiger partial charge is 0.0555 e. The predicted molar refractivity (Wildman–Crippen MR) is 228 cm³/mol. The van der Waals surface area contributed by atoms with E-state index in [9.17, 15) is 0 Å². The number of hydrogen-bond acceptors (Lipinski definition) is 2. The second kappa shape index (κ2) is 10.5. The van der Waals surface area contributed by atoms with Crippen molar-refractivity contribution < 1.29 is 0 Å². The fourth-order valence-electron chi connectivity index (χ4n) is 9.15. The molecule has 0 aliphatic heterocycles. The molecule has 1 nitrogen and oxygen atoms in total. The zero-order chi connectivity index (χ0) is 33.9. The van der Waals surface area contributed by atoms with Gasteiger partial charge in [0.15, 0.2) is 0 Å². The zero-order valence-corrected chi connectivity index (χ0v) is 28.9. The van der Waals surface area contributed by atoms with Crippen LogP contribution >= 0.6 is 11.3 Å². The highest BCUT2D eigenvalue weighted by Crippen LogP contribution is 2.49. The van der Waals surface area contributed by atoms with Crippen LogP contribution in [0.5, 0.6) is 0 Å². The van der Waals surface area contributed by atoms with Gasteiger partial charge in [0, 0.05) is 31.2 Å². The zero-order valence-electron chi connectivity index (χ0n) is 28.1. The average molecular weight is 676 g/mol. The molecule has 0 radical (unpaired) electrons. The summed E-state index contributed by atoms with van der Waals surface area (Å²) >= 11 is 1.87. The number of benzene rings is 10. The van der Waals surface area contributed by atoms with Crippen molar-refractivity contribution in [1.82, 2.24) is 0 Å². The van der Waals surface area contributed by atoms with Gasteiger partial charge < -0.3 is 4.90 Å². The van der Waals surface area contributed by atoms with Crippen LogP contribution in [-0.2, 0) is 0 Å². The molecule has 240 valence electrons. The molecule has 0 atom stereocenters. The van der Waals surface area contributed by atoms with Crippen molar-refractivity contribution in [3.63, 3.8) is 0 Å². The molecule has 0 spiro atoms. The standard InChI is InChI=1S/C50H29NS/c1-2-15-36-30(10-1)11-8-20-42(36)51(43-21-9-23-45-50(43)40-16-3-4-22-44(40)52-45)35-28-34-27-26-33-13-6-18-38-37-17-5-12-31-24-25-32-14-7-19-39(48(32)46(31)37)41(29-35)49(34)47(33)38/h1-29H. The monoisotopic (exact) mass is 675 g/mol. The summed E-state index contributed by atoms with van der Waals surface area (Å²) in [5, 5.41) is 20.5. The first kappa shape index (κ1) is 28.2. The highest BCUT2D eigenvalue weighted by atomic mass is 32.1. The van der Waals surface area contributed by atoms with E-state index >= 15 is 0 Å². The number of anilines is 3. The van der Waals surface area contributed by atoms with E-state index in [4.69, 9.17) is 0 Å². The summed E-state index contributed by atoms with van der Waals surface area (Å²) < 4.78 is 2.60. The van der Waals surface area contributed by atoms with E-state index in [2.05, 4.69) is 181 Å². The van der Waals surface area contributed by atoms with Crippen LogP contribution in [0.3, 0.4) is 0 Å². The molecule has 0 amide bonds. The normalized spacial score (nSPS) is 12.2. The van der Waals surface area contributed by atoms with Crippen LogP contribution in [0.2, 0.25) is 0 Å². The molecule has 0 aliphatic rings. The predicted octanol–water partition coefficient (Wildman–Crippen LogP) is 15.0. The second-order valence-corrected chi connectivity index (χ2v) is 15.1. The SMILES string of the molecule is c1ccc2c(N(c3cc4ccc5cccc6c7cccc8ccc9cccc(c(c3)c4c56)c9c87)c3cccc4sc5ccccc5c34)cccc2c1. The highest BCUT2D eigenvalue weighted by Gasteiger charge is 2.23. The Morgan fingerprint density at radius 1 is 0.288 bits per heavy atom. The van der Waals surface area contributed by atoms with Crippen LogP contribution in [0, 0.1) is 0 Å². The quantitative estimate of drug-likeness (QED) is 0.169. The van der Waals surface area contributed by atoms with Gasteiger partial charge in [-0.25, -0.2) is 0 Å². The van der Waals surface area contributed by atoms with Gasteiger partial charge in [-0.2, -0.15) is 0 Å². The average Bonchev–Trinajstić information content (AvgIpc) is 3.59. The molecule has 0 bridgehead atoms. The van der Waals surface area contributed by atoms with Crippen molar-refractivity contribution in [2.24, 2.45) is 0 Å². The molecule has 52 heavy (non-hydrogen) atoms. The Hall–Kier alpha value is -6.48. The van der Waals surface area contributed by atoms with Gasteiger partial charge in [-0.15, -0.1) is 11.3 Å². The van der Waals surface area contributed by atoms with E-state index in [-0.39, 0.29) is 0 Å². The summed E-state index contributed by atoms with van der Waals surface area (Å²) in [5.74, 6) is 0. The summed E-state index contributed by atoms with van der Waals surface area (Å²) in [4.78, 5) is 2.53. The lowest BCUT2D eigenvalue weighted by Crippen LogP contribution is -2.11. The minimum absolute atomic E-state index is 1.15. The lowest BCUT2D eigenvalue weighted by molar-refractivity contribution is 1.33. The van der Waals surface area contributed by atoms with Crippen LogP contribution in [0.4, 0.5) is 17.1 Å². The first-order valence-corrected chi connectivity index (χ1v) is 18.7. The van der Waals surface area contributed by atoms with Gasteiger partial charge in [0.25, 0.3) is 0 Å². The molecule has 0 unspecified atom stereocenters. The maximum Gasteiger partial charge on any atom is 0.0555 e. The van der Waals surface area contributed by atoms with Gasteiger partial charge in [-0.05, 0) is 106 Å². The molecule has 0 saturated heterocycles. The lowest BCUT2D eigenvalue weighted by atomic mass is 9.87. The Bertz CT molecular complexity index is 3410. The molecular formula is C50H29NS.